The second-order valence-electron chi connectivity index (χ2n) is 3.64. The summed E-state index contributed by atoms with van der Waals surface area (Å²) in [5.41, 5.74) is 7.68. The van der Waals surface area contributed by atoms with Crippen molar-refractivity contribution in [3.63, 3.8) is 0 Å². The number of nitrogens with zero attached hydrogens (tertiary/aromatic N) is 1. The van der Waals surface area contributed by atoms with Crippen LogP contribution in [-0.2, 0) is 0 Å². The van der Waals surface area contributed by atoms with E-state index < -0.39 is 0 Å². The Labute approximate surface area is 124 Å². The van der Waals surface area contributed by atoms with Gasteiger partial charge in [0.25, 0.3) is 0 Å². The van der Waals surface area contributed by atoms with Crippen molar-refractivity contribution in [3.8, 4) is 0 Å². The SMILES string of the molecule is Nc1c(Cl)cc(N=Cc2cccc(Br)c2)cc1Cl. The Bertz CT molecular complexity index is 589. The Balaban J connectivity index is 2.29. The second-order valence-corrected chi connectivity index (χ2v) is 5.37. The summed E-state index contributed by atoms with van der Waals surface area (Å²) in [5, 5.41) is 0.813. The smallest absolute Gasteiger partial charge is 0.0694 e. The number of hydrogen-bond donors (Lipinski definition) is 1. The Hall–Kier alpha value is -1.03. The zero-order valence-corrected chi connectivity index (χ0v) is 12.3. The molecule has 2 N–H and O–H groups in total. The number of anilines is 1. The summed E-state index contributed by atoms with van der Waals surface area (Å²) in [6, 6.07) is 11.2. The normalized spacial score (nSPS) is 11.1. The molecule has 0 saturated heterocycles. The van der Waals surface area contributed by atoms with E-state index in [1.54, 1.807) is 18.3 Å². The standard InChI is InChI=1S/C13H9BrCl2N2/c14-9-3-1-2-8(4-9)7-18-10-5-11(15)13(17)12(16)6-10/h1-7H,17H2. The maximum absolute atomic E-state index is 5.94. The highest BCUT2D eigenvalue weighted by Gasteiger charge is 2.03. The minimum Gasteiger partial charge on any atom is -0.396 e. The van der Waals surface area contributed by atoms with Crippen LogP contribution in [0, 0.1) is 0 Å². The van der Waals surface area contributed by atoms with Crippen LogP contribution in [0.15, 0.2) is 45.9 Å². The predicted octanol–water partition coefficient (Wildman–Crippen LogP) is 5.09. The summed E-state index contributed by atoms with van der Waals surface area (Å²) in [6.07, 6.45) is 1.74. The van der Waals surface area contributed by atoms with Gasteiger partial charge in [-0.2, -0.15) is 0 Å². The van der Waals surface area contributed by atoms with Gasteiger partial charge in [-0.15, -0.1) is 0 Å². The predicted molar refractivity (Wildman–Crippen MR) is 82.3 cm³/mol. The summed E-state index contributed by atoms with van der Waals surface area (Å²) in [7, 11) is 0. The summed E-state index contributed by atoms with van der Waals surface area (Å²) in [6.45, 7) is 0. The number of nitrogens with two attached hydrogens (primary N) is 1. The molecule has 0 bridgehead atoms. The highest BCUT2D eigenvalue weighted by Crippen LogP contribution is 2.32. The van der Waals surface area contributed by atoms with Crippen molar-refractivity contribution in [1.82, 2.24) is 0 Å². The zero-order chi connectivity index (χ0) is 13.1. The van der Waals surface area contributed by atoms with E-state index in [-0.39, 0.29) is 0 Å². The van der Waals surface area contributed by atoms with E-state index in [2.05, 4.69) is 20.9 Å². The summed E-state index contributed by atoms with van der Waals surface area (Å²) >= 11 is 15.3. The molecule has 92 valence electrons. The number of benzene rings is 2. The molecule has 2 rings (SSSR count). The largest absolute Gasteiger partial charge is 0.396 e. The van der Waals surface area contributed by atoms with Crippen LogP contribution in [0.2, 0.25) is 10.0 Å². The maximum atomic E-state index is 5.94. The molecular formula is C13H9BrCl2N2. The first-order valence-corrected chi connectivity index (χ1v) is 6.65. The third-order valence-corrected chi connectivity index (χ3v) is 3.39. The van der Waals surface area contributed by atoms with E-state index in [0.717, 1.165) is 10.0 Å². The van der Waals surface area contributed by atoms with Crippen LogP contribution in [0.4, 0.5) is 11.4 Å². The fourth-order valence-electron chi connectivity index (χ4n) is 1.38. The van der Waals surface area contributed by atoms with Gasteiger partial charge in [-0.05, 0) is 29.8 Å². The Kier molecular flexibility index (Phi) is 4.27. The van der Waals surface area contributed by atoms with E-state index in [1.807, 2.05) is 24.3 Å². The molecule has 0 fully saturated rings. The van der Waals surface area contributed by atoms with Gasteiger partial charge < -0.3 is 5.73 Å². The van der Waals surface area contributed by atoms with Crippen molar-refractivity contribution in [2.24, 2.45) is 4.99 Å². The van der Waals surface area contributed by atoms with Crippen LogP contribution >= 0.6 is 39.1 Å². The average Bonchev–Trinajstić information content (AvgIpc) is 2.33. The van der Waals surface area contributed by atoms with Crippen molar-refractivity contribution in [1.29, 1.82) is 0 Å². The van der Waals surface area contributed by atoms with E-state index >= 15 is 0 Å². The fourth-order valence-corrected chi connectivity index (χ4v) is 2.27. The molecule has 0 heterocycles. The van der Waals surface area contributed by atoms with Gasteiger partial charge in [0.05, 0.1) is 21.4 Å². The molecule has 2 aromatic rings. The van der Waals surface area contributed by atoms with Gasteiger partial charge in [-0.3, -0.25) is 4.99 Å². The Morgan fingerprint density at radius 1 is 1.11 bits per heavy atom. The van der Waals surface area contributed by atoms with Crippen molar-refractivity contribution in [2.45, 2.75) is 0 Å². The van der Waals surface area contributed by atoms with Crippen LogP contribution in [0.25, 0.3) is 0 Å². The lowest BCUT2D eigenvalue weighted by Crippen LogP contribution is -1.87. The average molecular weight is 344 g/mol. The molecule has 2 nitrogen and oxygen atoms in total. The molecule has 0 aliphatic heterocycles. The van der Waals surface area contributed by atoms with Crippen molar-refractivity contribution < 1.29 is 0 Å². The minimum atomic E-state index is 0.375. The number of halogens is 3. The first-order valence-electron chi connectivity index (χ1n) is 5.10. The first kappa shape index (κ1) is 13.4. The maximum Gasteiger partial charge on any atom is 0.0694 e. The molecular weight excluding hydrogens is 335 g/mol. The summed E-state index contributed by atoms with van der Waals surface area (Å²) in [5.74, 6) is 0. The fraction of sp³-hybridized carbons (Fsp3) is 0. The second kappa shape index (κ2) is 5.74. The van der Waals surface area contributed by atoms with Gasteiger partial charge >= 0.3 is 0 Å². The Morgan fingerprint density at radius 3 is 2.39 bits per heavy atom. The summed E-state index contributed by atoms with van der Waals surface area (Å²) < 4.78 is 1.000. The van der Waals surface area contributed by atoms with Crippen LogP contribution < -0.4 is 5.73 Å². The molecule has 0 radical (unpaired) electrons. The highest BCUT2D eigenvalue weighted by atomic mass is 79.9. The lowest BCUT2D eigenvalue weighted by atomic mass is 10.2. The highest BCUT2D eigenvalue weighted by molar-refractivity contribution is 9.10. The van der Waals surface area contributed by atoms with Crippen LogP contribution in [0.1, 0.15) is 5.56 Å². The van der Waals surface area contributed by atoms with Crippen LogP contribution in [-0.4, -0.2) is 6.21 Å². The topological polar surface area (TPSA) is 38.4 Å². The van der Waals surface area contributed by atoms with Gasteiger partial charge in [-0.25, -0.2) is 0 Å². The molecule has 0 amide bonds. The first-order chi connectivity index (χ1) is 8.56. The number of rotatable bonds is 2. The number of aliphatic imine (C=N–C) groups is 1. The molecule has 0 atom stereocenters. The lowest BCUT2D eigenvalue weighted by Gasteiger charge is -2.02. The van der Waals surface area contributed by atoms with Gasteiger partial charge in [0.2, 0.25) is 0 Å². The van der Waals surface area contributed by atoms with Crippen molar-refractivity contribution in [3.05, 3.63) is 56.5 Å². The minimum absolute atomic E-state index is 0.375. The summed E-state index contributed by atoms with van der Waals surface area (Å²) in [4.78, 5) is 4.31. The molecule has 0 unspecified atom stereocenters. The quantitative estimate of drug-likeness (QED) is 0.598. The molecule has 18 heavy (non-hydrogen) atoms. The van der Waals surface area contributed by atoms with Crippen molar-refractivity contribution >= 4 is 56.7 Å². The van der Waals surface area contributed by atoms with E-state index in [4.69, 9.17) is 28.9 Å². The van der Waals surface area contributed by atoms with Gasteiger partial charge in [0.15, 0.2) is 0 Å². The molecule has 2 aromatic carbocycles. The van der Waals surface area contributed by atoms with Crippen LogP contribution in [0.5, 0.6) is 0 Å². The monoisotopic (exact) mass is 342 g/mol. The van der Waals surface area contributed by atoms with E-state index in [1.165, 1.54) is 0 Å². The van der Waals surface area contributed by atoms with Gasteiger partial charge in [-0.1, -0.05) is 51.3 Å². The lowest BCUT2D eigenvalue weighted by molar-refractivity contribution is 1.52. The zero-order valence-electron chi connectivity index (χ0n) is 9.20. The molecule has 0 aromatic heterocycles. The van der Waals surface area contributed by atoms with E-state index in [9.17, 15) is 0 Å². The van der Waals surface area contributed by atoms with Crippen molar-refractivity contribution in [2.75, 3.05) is 5.73 Å². The molecule has 0 saturated carbocycles. The van der Waals surface area contributed by atoms with Crippen LogP contribution in [0.3, 0.4) is 0 Å². The number of hydrogen-bond acceptors (Lipinski definition) is 2. The number of nitrogen functional groups attached to an aromatic ring is 1. The van der Waals surface area contributed by atoms with Gasteiger partial charge in [0.1, 0.15) is 0 Å². The third kappa shape index (κ3) is 3.25. The van der Waals surface area contributed by atoms with Gasteiger partial charge in [0, 0.05) is 10.7 Å². The Morgan fingerprint density at radius 2 is 1.78 bits per heavy atom. The molecule has 0 aliphatic carbocycles. The van der Waals surface area contributed by atoms with E-state index in [0.29, 0.717) is 21.4 Å². The molecule has 0 aliphatic rings. The third-order valence-electron chi connectivity index (χ3n) is 2.28. The molecule has 5 heteroatoms. The molecule has 0 spiro atoms.